The van der Waals surface area contributed by atoms with Crippen LogP contribution >= 0.6 is 0 Å². The molecule has 2 aromatic rings. The molecule has 96 valence electrons. The van der Waals surface area contributed by atoms with Crippen molar-refractivity contribution in [1.82, 2.24) is 9.55 Å². The number of nitro benzene ring substituents is 1. The summed E-state index contributed by atoms with van der Waals surface area (Å²) < 4.78 is 1.91. The number of nitriles is 1. The van der Waals surface area contributed by atoms with Crippen molar-refractivity contribution in [1.29, 1.82) is 5.26 Å². The van der Waals surface area contributed by atoms with Gasteiger partial charge in [0.15, 0.2) is 0 Å². The average Bonchev–Trinajstić information content (AvgIpc) is 2.91. The first kappa shape index (κ1) is 12.6. The predicted molar refractivity (Wildman–Crippen MR) is 68.5 cm³/mol. The predicted octanol–water partition coefficient (Wildman–Crippen LogP) is 1.78. The molecule has 7 heteroatoms. The molecule has 0 aliphatic heterocycles. The maximum atomic E-state index is 10.7. The van der Waals surface area contributed by atoms with E-state index in [0.717, 1.165) is 6.54 Å². The fourth-order valence-electron chi connectivity index (χ4n) is 1.64. The average molecular weight is 257 g/mol. The lowest BCUT2D eigenvalue weighted by Crippen LogP contribution is -2.09. The second-order valence-corrected chi connectivity index (χ2v) is 3.83. The lowest BCUT2D eigenvalue weighted by atomic mass is 10.2. The highest BCUT2D eigenvalue weighted by molar-refractivity contribution is 5.58. The van der Waals surface area contributed by atoms with E-state index < -0.39 is 4.92 Å². The Labute approximate surface area is 109 Å². The number of imidazole rings is 1. The van der Waals surface area contributed by atoms with E-state index in [1.165, 1.54) is 12.1 Å². The first-order valence-electron chi connectivity index (χ1n) is 5.59. The third-order valence-electron chi connectivity index (χ3n) is 2.57. The molecule has 0 saturated heterocycles. The first-order valence-corrected chi connectivity index (χ1v) is 5.59. The third kappa shape index (κ3) is 3.07. The molecule has 0 aliphatic rings. The van der Waals surface area contributed by atoms with E-state index >= 15 is 0 Å². The molecule has 1 N–H and O–H groups in total. The molecule has 0 spiro atoms. The summed E-state index contributed by atoms with van der Waals surface area (Å²) in [5, 5.41) is 22.7. The van der Waals surface area contributed by atoms with Gasteiger partial charge < -0.3 is 9.88 Å². The molecule has 1 aromatic heterocycles. The van der Waals surface area contributed by atoms with Crippen LogP contribution in [0.1, 0.15) is 5.56 Å². The van der Waals surface area contributed by atoms with Gasteiger partial charge in [-0.15, -0.1) is 0 Å². The zero-order chi connectivity index (χ0) is 13.7. The van der Waals surface area contributed by atoms with Crippen molar-refractivity contribution in [2.75, 3.05) is 11.9 Å². The van der Waals surface area contributed by atoms with Gasteiger partial charge in [0.1, 0.15) is 11.6 Å². The minimum absolute atomic E-state index is 0.0534. The fraction of sp³-hybridized carbons (Fsp3) is 0.167. The number of nitrogens with zero attached hydrogens (tertiary/aromatic N) is 4. The van der Waals surface area contributed by atoms with Gasteiger partial charge in [-0.2, -0.15) is 5.26 Å². The van der Waals surface area contributed by atoms with Crippen LogP contribution in [0.15, 0.2) is 36.9 Å². The summed E-state index contributed by atoms with van der Waals surface area (Å²) in [7, 11) is 0. The van der Waals surface area contributed by atoms with E-state index in [1.807, 2.05) is 16.8 Å². The summed E-state index contributed by atoms with van der Waals surface area (Å²) in [6, 6.07) is 6.22. The number of aromatic nitrogens is 2. The molecule has 0 amide bonds. The van der Waals surface area contributed by atoms with Crippen LogP contribution in [0.5, 0.6) is 0 Å². The summed E-state index contributed by atoms with van der Waals surface area (Å²) in [6.45, 7) is 1.36. The van der Waals surface area contributed by atoms with Crippen molar-refractivity contribution >= 4 is 11.4 Å². The molecule has 1 aromatic carbocycles. The first-order chi connectivity index (χ1) is 9.20. The molecule has 0 saturated carbocycles. The SMILES string of the molecule is N#Cc1cc(NCCn2ccnc2)ccc1[N+](=O)[O-]. The largest absolute Gasteiger partial charge is 0.383 e. The lowest BCUT2D eigenvalue weighted by Gasteiger charge is -2.07. The second-order valence-electron chi connectivity index (χ2n) is 3.83. The van der Waals surface area contributed by atoms with Gasteiger partial charge in [-0.05, 0) is 12.1 Å². The van der Waals surface area contributed by atoms with Crippen LogP contribution in [0.3, 0.4) is 0 Å². The molecule has 0 radical (unpaired) electrons. The summed E-state index contributed by atoms with van der Waals surface area (Å²) in [5.41, 5.74) is 0.558. The third-order valence-corrected chi connectivity index (χ3v) is 2.57. The van der Waals surface area contributed by atoms with Gasteiger partial charge in [0.25, 0.3) is 5.69 Å². The van der Waals surface area contributed by atoms with Crippen LogP contribution < -0.4 is 5.32 Å². The van der Waals surface area contributed by atoms with Crippen LogP contribution in [-0.4, -0.2) is 21.0 Å². The standard InChI is InChI=1S/C12H11N5O2/c13-8-10-7-11(1-2-12(10)17(18)19)15-4-6-16-5-3-14-9-16/h1-3,5,7,9,15H,4,6H2. The van der Waals surface area contributed by atoms with E-state index in [9.17, 15) is 10.1 Å². The highest BCUT2D eigenvalue weighted by Gasteiger charge is 2.13. The second kappa shape index (κ2) is 5.64. The van der Waals surface area contributed by atoms with E-state index in [-0.39, 0.29) is 11.3 Å². The number of rotatable bonds is 5. The number of nitrogens with one attached hydrogen (secondary N) is 1. The summed E-state index contributed by atoms with van der Waals surface area (Å²) >= 11 is 0. The van der Waals surface area contributed by atoms with Gasteiger partial charge in [-0.1, -0.05) is 0 Å². The van der Waals surface area contributed by atoms with E-state index in [1.54, 1.807) is 18.6 Å². The highest BCUT2D eigenvalue weighted by atomic mass is 16.6. The number of nitro groups is 1. The van der Waals surface area contributed by atoms with Crippen molar-refractivity contribution in [3.05, 3.63) is 52.6 Å². The molecule has 0 unspecified atom stereocenters. The van der Waals surface area contributed by atoms with Crippen LogP contribution in [-0.2, 0) is 6.54 Å². The minimum atomic E-state index is -0.562. The Balaban J connectivity index is 2.01. The van der Waals surface area contributed by atoms with E-state index in [0.29, 0.717) is 12.2 Å². The zero-order valence-corrected chi connectivity index (χ0v) is 9.98. The Hall–Kier alpha value is -2.88. The number of hydrogen-bond acceptors (Lipinski definition) is 5. The monoisotopic (exact) mass is 257 g/mol. The molecule has 0 atom stereocenters. The van der Waals surface area contributed by atoms with Gasteiger partial charge in [-0.25, -0.2) is 4.98 Å². The maximum absolute atomic E-state index is 10.7. The Morgan fingerprint density at radius 2 is 2.37 bits per heavy atom. The molecular weight excluding hydrogens is 246 g/mol. The molecule has 7 nitrogen and oxygen atoms in total. The van der Waals surface area contributed by atoms with Gasteiger partial charge in [0, 0.05) is 37.2 Å². The summed E-state index contributed by atoms with van der Waals surface area (Å²) in [6.07, 6.45) is 5.25. The van der Waals surface area contributed by atoms with Gasteiger partial charge in [-0.3, -0.25) is 10.1 Å². The Morgan fingerprint density at radius 3 is 3.00 bits per heavy atom. The molecule has 2 rings (SSSR count). The minimum Gasteiger partial charge on any atom is -0.383 e. The van der Waals surface area contributed by atoms with E-state index in [4.69, 9.17) is 5.26 Å². The number of hydrogen-bond donors (Lipinski definition) is 1. The van der Waals surface area contributed by atoms with Crippen molar-refractivity contribution in [2.45, 2.75) is 6.54 Å². The van der Waals surface area contributed by atoms with Crippen molar-refractivity contribution < 1.29 is 4.92 Å². The van der Waals surface area contributed by atoms with Gasteiger partial charge >= 0.3 is 0 Å². The molecule has 19 heavy (non-hydrogen) atoms. The van der Waals surface area contributed by atoms with Crippen LogP contribution in [0.4, 0.5) is 11.4 Å². The van der Waals surface area contributed by atoms with E-state index in [2.05, 4.69) is 10.3 Å². The quantitative estimate of drug-likeness (QED) is 0.650. The lowest BCUT2D eigenvalue weighted by molar-refractivity contribution is -0.385. The summed E-state index contributed by atoms with van der Waals surface area (Å²) in [4.78, 5) is 14.0. The van der Waals surface area contributed by atoms with Crippen LogP contribution in [0.2, 0.25) is 0 Å². The Kier molecular flexibility index (Phi) is 3.73. The molecular formula is C12H11N5O2. The molecule has 0 aliphatic carbocycles. The van der Waals surface area contributed by atoms with Crippen LogP contribution in [0, 0.1) is 21.4 Å². The maximum Gasteiger partial charge on any atom is 0.287 e. The van der Waals surface area contributed by atoms with Crippen molar-refractivity contribution in [2.24, 2.45) is 0 Å². The van der Waals surface area contributed by atoms with Crippen molar-refractivity contribution in [3.63, 3.8) is 0 Å². The molecule has 0 bridgehead atoms. The number of anilines is 1. The Morgan fingerprint density at radius 1 is 1.53 bits per heavy atom. The number of benzene rings is 1. The molecule has 1 heterocycles. The smallest absolute Gasteiger partial charge is 0.287 e. The molecule has 0 fully saturated rings. The normalized spacial score (nSPS) is 9.84. The fourth-order valence-corrected chi connectivity index (χ4v) is 1.64. The van der Waals surface area contributed by atoms with Gasteiger partial charge in [0.05, 0.1) is 11.3 Å². The Bertz CT molecular complexity index is 616. The van der Waals surface area contributed by atoms with Gasteiger partial charge in [0.2, 0.25) is 0 Å². The van der Waals surface area contributed by atoms with Crippen LogP contribution in [0.25, 0.3) is 0 Å². The topological polar surface area (TPSA) is 96.8 Å². The summed E-state index contributed by atoms with van der Waals surface area (Å²) in [5.74, 6) is 0. The zero-order valence-electron chi connectivity index (χ0n) is 9.98. The highest BCUT2D eigenvalue weighted by Crippen LogP contribution is 2.21. The van der Waals surface area contributed by atoms with Crippen molar-refractivity contribution in [3.8, 4) is 6.07 Å².